The second kappa shape index (κ2) is 7.38. The zero-order valence-corrected chi connectivity index (χ0v) is 16.5. The van der Waals surface area contributed by atoms with Crippen molar-refractivity contribution in [3.63, 3.8) is 0 Å². The fourth-order valence-corrected chi connectivity index (χ4v) is 3.70. The number of carbonyl (C=O) groups is 1. The lowest BCUT2D eigenvalue weighted by molar-refractivity contribution is 0.103. The molecule has 1 aromatic carbocycles. The van der Waals surface area contributed by atoms with E-state index >= 15 is 0 Å². The highest BCUT2D eigenvalue weighted by Gasteiger charge is 2.21. The first-order chi connectivity index (χ1) is 12.5. The summed E-state index contributed by atoms with van der Waals surface area (Å²) in [6.07, 6.45) is 2.57. The van der Waals surface area contributed by atoms with Gasteiger partial charge in [0.15, 0.2) is 11.5 Å². The number of fused-ring (bicyclic) bond motifs is 1. The SMILES string of the molecule is CCCn1c(C)cc(C(=O)/C(C#N)=C/c2cc(Br)c3c(c2)OCO3)c1C. The van der Waals surface area contributed by atoms with Crippen molar-refractivity contribution in [2.75, 3.05) is 6.79 Å². The Bertz CT molecular complexity index is 951. The predicted octanol–water partition coefficient (Wildman–Crippen LogP) is 4.80. The number of hydrogen-bond donors (Lipinski definition) is 0. The molecule has 1 aliphatic rings. The first kappa shape index (κ1) is 18.3. The van der Waals surface area contributed by atoms with Gasteiger partial charge in [0.1, 0.15) is 11.6 Å². The van der Waals surface area contributed by atoms with Gasteiger partial charge in [0, 0.05) is 23.5 Å². The average molecular weight is 415 g/mol. The molecule has 2 aromatic rings. The summed E-state index contributed by atoms with van der Waals surface area (Å²) < 4.78 is 13.6. The zero-order chi connectivity index (χ0) is 18.8. The largest absolute Gasteiger partial charge is 0.454 e. The molecule has 0 N–H and O–H groups in total. The molecule has 26 heavy (non-hydrogen) atoms. The second-order valence-corrected chi connectivity index (χ2v) is 7.03. The van der Waals surface area contributed by atoms with Crippen LogP contribution in [0.3, 0.4) is 0 Å². The van der Waals surface area contributed by atoms with Gasteiger partial charge in [0.05, 0.1) is 4.47 Å². The van der Waals surface area contributed by atoms with Crippen LogP contribution in [0, 0.1) is 25.2 Å². The summed E-state index contributed by atoms with van der Waals surface area (Å²) >= 11 is 3.43. The van der Waals surface area contributed by atoms with Crippen molar-refractivity contribution in [2.24, 2.45) is 0 Å². The normalized spacial score (nSPS) is 13.0. The number of rotatable bonds is 5. The smallest absolute Gasteiger partial charge is 0.231 e. The molecule has 5 nitrogen and oxygen atoms in total. The molecule has 134 valence electrons. The number of benzene rings is 1. The van der Waals surface area contributed by atoms with E-state index in [-0.39, 0.29) is 18.1 Å². The highest BCUT2D eigenvalue weighted by Crippen LogP contribution is 2.40. The Morgan fingerprint density at radius 1 is 1.35 bits per heavy atom. The Labute approximate surface area is 161 Å². The van der Waals surface area contributed by atoms with Crippen molar-refractivity contribution in [3.05, 3.63) is 50.8 Å². The summed E-state index contributed by atoms with van der Waals surface area (Å²) in [5.74, 6) is 0.961. The molecule has 0 radical (unpaired) electrons. The number of Topliss-reactive ketones (excluding diaryl/α,β-unsaturated/α-hetero) is 1. The van der Waals surface area contributed by atoms with Crippen LogP contribution in [0.25, 0.3) is 6.08 Å². The zero-order valence-electron chi connectivity index (χ0n) is 14.9. The minimum Gasteiger partial charge on any atom is -0.454 e. The Morgan fingerprint density at radius 2 is 2.12 bits per heavy atom. The lowest BCUT2D eigenvalue weighted by atomic mass is 10.0. The van der Waals surface area contributed by atoms with Crippen molar-refractivity contribution in [2.45, 2.75) is 33.7 Å². The summed E-state index contributed by atoms with van der Waals surface area (Å²) in [6.45, 7) is 7.00. The topological polar surface area (TPSA) is 64.2 Å². The third-order valence-corrected chi connectivity index (χ3v) is 4.98. The average Bonchev–Trinajstić information content (AvgIpc) is 3.19. The number of aryl methyl sites for hydroxylation is 1. The first-order valence-electron chi connectivity index (χ1n) is 8.38. The van der Waals surface area contributed by atoms with E-state index in [1.807, 2.05) is 26.0 Å². The number of ketones is 1. The van der Waals surface area contributed by atoms with Gasteiger partial charge in [-0.2, -0.15) is 5.26 Å². The van der Waals surface area contributed by atoms with Crippen LogP contribution in [0.2, 0.25) is 0 Å². The van der Waals surface area contributed by atoms with Gasteiger partial charge in [-0.1, -0.05) is 6.92 Å². The number of carbonyl (C=O) groups excluding carboxylic acids is 1. The molecule has 0 spiro atoms. The van der Waals surface area contributed by atoms with E-state index in [1.54, 1.807) is 18.2 Å². The number of aromatic nitrogens is 1. The van der Waals surface area contributed by atoms with E-state index in [9.17, 15) is 10.1 Å². The van der Waals surface area contributed by atoms with Gasteiger partial charge >= 0.3 is 0 Å². The maximum atomic E-state index is 12.9. The lowest BCUT2D eigenvalue weighted by Gasteiger charge is -2.07. The van der Waals surface area contributed by atoms with Crippen molar-refractivity contribution in [1.29, 1.82) is 5.26 Å². The van der Waals surface area contributed by atoms with E-state index < -0.39 is 0 Å². The van der Waals surface area contributed by atoms with Gasteiger partial charge in [-0.15, -0.1) is 0 Å². The summed E-state index contributed by atoms with van der Waals surface area (Å²) in [4.78, 5) is 12.9. The van der Waals surface area contributed by atoms with Crippen molar-refractivity contribution < 1.29 is 14.3 Å². The summed E-state index contributed by atoms with van der Waals surface area (Å²) in [5, 5.41) is 9.54. The highest BCUT2D eigenvalue weighted by atomic mass is 79.9. The number of nitrogens with zero attached hydrogens (tertiary/aromatic N) is 2. The van der Waals surface area contributed by atoms with Crippen LogP contribution >= 0.6 is 15.9 Å². The molecule has 0 aliphatic carbocycles. The van der Waals surface area contributed by atoms with Crippen LogP contribution < -0.4 is 9.47 Å². The molecule has 0 bridgehead atoms. The maximum absolute atomic E-state index is 12.9. The molecule has 0 amide bonds. The van der Waals surface area contributed by atoms with Gasteiger partial charge in [0.2, 0.25) is 12.6 Å². The van der Waals surface area contributed by atoms with Crippen LogP contribution in [-0.4, -0.2) is 17.1 Å². The van der Waals surface area contributed by atoms with Gasteiger partial charge in [-0.05, 0) is 66.0 Å². The Hall–Kier alpha value is -2.52. The van der Waals surface area contributed by atoms with E-state index in [1.165, 1.54) is 0 Å². The van der Waals surface area contributed by atoms with Crippen LogP contribution in [0.15, 0.2) is 28.2 Å². The van der Waals surface area contributed by atoms with E-state index in [2.05, 4.69) is 27.4 Å². The minimum absolute atomic E-state index is 0.0903. The quantitative estimate of drug-likeness (QED) is 0.400. The Kier molecular flexibility index (Phi) is 5.19. The fourth-order valence-electron chi connectivity index (χ4n) is 3.13. The van der Waals surface area contributed by atoms with Gasteiger partial charge in [-0.3, -0.25) is 4.79 Å². The van der Waals surface area contributed by atoms with Gasteiger partial charge in [-0.25, -0.2) is 0 Å². The third kappa shape index (κ3) is 3.27. The van der Waals surface area contributed by atoms with Crippen molar-refractivity contribution >= 4 is 27.8 Å². The molecule has 1 aliphatic heterocycles. The molecule has 0 atom stereocenters. The van der Waals surface area contributed by atoms with Crippen LogP contribution in [0.5, 0.6) is 11.5 Å². The lowest BCUT2D eigenvalue weighted by Crippen LogP contribution is -2.06. The molecule has 1 aromatic heterocycles. The fraction of sp³-hybridized carbons (Fsp3) is 0.300. The van der Waals surface area contributed by atoms with Crippen LogP contribution in [0.4, 0.5) is 0 Å². The highest BCUT2D eigenvalue weighted by molar-refractivity contribution is 9.10. The van der Waals surface area contributed by atoms with E-state index in [4.69, 9.17) is 9.47 Å². The number of halogens is 1. The summed E-state index contributed by atoms with van der Waals surface area (Å²) in [6, 6.07) is 7.46. The number of hydrogen-bond acceptors (Lipinski definition) is 4. The van der Waals surface area contributed by atoms with Gasteiger partial charge < -0.3 is 14.0 Å². The van der Waals surface area contributed by atoms with Gasteiger partial charge in [0.25, 0.3) is 0 Å². The molecule has 0 saturated heterocycles. The Morgan fingerprint density at radius 3 is 2.81 bits per heavy atom. The number of allylic oxidation sites excluding steroid dienone is 1. The predicted molar refractivity (Wildman–Crippen MR) is 102 cm³/mol. The third-order valence-electron chi connectivity index (χ3n) is 4.39. The second-order valence-electron chi connectivity index (χ2n) is 6.17. The monoisotopic (exact) mass is 414 g/mol. The molecule has 6 heteroatoms. The standard InChI is InChI=1S/C20H19BrN2O3/c1-4-5-23-12(2)6-16(13(23)3)19(24)15(10-22)7-14-8-17(21)20-18(9-14)25-11-26-20/h6-9H,4-5,11H2,1-3H3/b15-7+. The molecule has 0 unspecified atom stereocenters. The molecule has 3 rings (SSSR count). The van der Waals surface area contributed by atoms with Crippen molar-refractivity contribution in [3.8, 4) is 17.6 Å². The summed E-state index contributed by atoms with van der Waals surface area (Å²) in [7, 11) is 0. The molecule has 2 heterocycles. The number of ether oxygens (including phenoxy) is 2. The van der Waals surface area contributed by atoms with Crippen LogP contribution in [-0.2, 0) is 6.54 Å². The van der Waals surface area contributed by atoms with Crippen LogP contribution in [0.1, 0.15) is 40.7 Å². The Balaban J connectivity index is 1.98. The van der Waals surface area contributed by atoms with E-state index in [0.29, 0.717) is 22.6 Å². The molecular formula is C20H19BrN2O3. The first-order valence-corrected chi connectivity index (χ1v) is 9.18. The van der Waals surface area contributed by atoms with E-state index in [0.717, 1.165) is 28.8 Å². The number of nitriles is 1. The van der Waals surface area contributed by atoms with Crippen molar-refractivity contribution in [1.82, 2.24) is 4.57 Å². The molecular weight excluding hydrogens is 396 g/mol. The maximum Gasteiger partial charge on any atom is 0.231 e. The molecule has 0 fully saturated rings. The summed E-state index contributed by atoms with van der Waals surface area (Å²) in [5.41, 5.74) is 3.28. The molecule has 0 saturated carbocycles. The minimum atomic E-state index is -0.267.